The van der Waals surface area contributed by atoms with Crippen molar-refractivity contribution < 1.29 is 9.26 Å². The maximum absolute atomic E-state index is 5.28. The van der Waals surface area contributed by atoms with Crippen LogP contribution >= 0.6 is 12.4 Å². The van der Waals surface area contributed by atoms with Crippen molar-refractivity contribution in [2.75, 3.05) is 13.7 Å². The molecule has 0 amide bonds. The summed E-state index contributed by atoms with van der Waals surface area (Å²) < 4.78 is 10.3. The van der Waals surface area contributed by atoms with E-state index in [4.69, 9.17) is 9.26 Å². The van der Waals surface area contributed by atoms with Gasteiger partial charge >= 0.3 is 0 Å². The SMILES string of the molecule is COc1ccc(-c2noc(C3CCCN3)n2)cn1.Cl. The van der Waals surface area contributed by atoms with Crippen LogP contribution < -0.4 is 10.1 Å². The first-order valence-electron chi connectivity index (χ1n) is 5.94. The molecule has 1 atom stereocenters. The molecule has 19 heavy (non-hydrogen) atoms. The van der Waals surface area contributed by atoms with Gasteiger partial charge in [-0.05, 0) is 25.5 Å². The normalized spacial score (nSPS) is 18.1. The second-order valence-electron chi connectivity index (χ2n) is 4.19. The molecule has 0 aliphatic carbocycles. The lowest BCUT2D eigenvalue weighted by Gasteiger charge is -2.01. The van der Waals surface area contributed by atoms with Crippen LogP contribution in [-0.4, -0.2) is 28.8 Å². The van der Waals surface area contributed by atoms with Gasteiger partial charge < -0.3 is 14.6 Å². The molecule has 1 fully saturated rings. The molecule has 0 saturated carbocycles. The Labute approximate surface area is 117 Å². The summed E-state index contributed by atoms with van der Waals surface area (Å²) in [5.41, 5.74) is 0.823. The largest absolute Gasteiger partial charge is 0.481 e. The van der Waals surface area contributed by atoms with Crippen molar-refractivity contribution in [2.45, 2.75) is 18.9 Å². The topological polar surface area (TPSA) is 73.1 Å². The van der Waals surface area contributed by atoms with Gasteiger partial charge in [-0.25, -0.2) is 4.98 Å². The third-order valence-corrected chi connectivity index (χ3v) is 3.00. The molecule has 1 unspecified atom stereocenters. The van der Waals surface area contributed by atoms with Gasteiger partial charge in [0.05, 0.1) is 13.2 Å². The summed E-state index contributed by atoms with van der Waals surface area (Å²) in [6.07, 6.45) is 3.87. The van der Waals surface area contributed by atoms with E-state index in [0.29, 0.717) is 17.6 Å². The molecule has 102 valence electrons. The minimum Gasteiger partial charge on any atom is -0.481 e. The van der Waals surface area contributed by atoms with Crippen molar-refractivity contribution in [3.05, 3.63) is 24.2 Å². The second kappa shape index (κ2) is 5.99. The van der Waals surface area contributed by atoms with Crippen molar-refractivity contribution in [1.29, 1.82) is 0 Å². The Morgan fingerprint density at radius 1 is 1.42 bits per heavy atom. The van der Waals surface area contributed by atoms with Crippen molar-refractivity contribution in [2.24, 2.45) is 0 Å². The van der Waals surface area contributed by atoms with Crippen LogP contribution in [0.2, 0.25) is 0 Å². The van der Waals surface area contributed by atoms with Gasteiger partial charge in [0.2, 0.25) is 17.6 Å². The smallest absolute Gasteiger partial charge is 0.244 e. The highest BCUT2D eigenvalue weighted by atomic mass is 35.5. The predicted octanol–water partition coefficient (Wildman–Crippen LogP) is 1.99. The molecule has 3 rings (SSSR count). The van der Waals surface area contributed by atoms with Crippen LogP contribution in [0.1, 0.15) is 24.8 Å². The first-order valence-corrected chi connectivity index (χ1v) is 5.94. The van der Waals surface area contributed by atoms with Gasteiger partial charge in [0, 0.05) is 17.8 Å². The maximum atomic E-state index is 5.28. The van der Waals surface area contributed by atoms with Crippen molar-refractivity contribution >= 4 is 12.4 Å². The highest BCUT2D eigenvalue weighted by Gasteiger charge is 2.22. The standard InChI is InChI=1S/C12H14N4O2.ClH/c1-17-10-5-4-8(7-14-10)11-15-12(18-16-11)9-3-2-6-13-9;/h4-5,7,9,13H,2-3,6H2,1H3;1H. The number of methoxy groups -OCH3 is 1. The second-order valence-corrected chi connectivity index (χ2v) is 4.19. The quantitative estimate of drug-likeness (QED) is 0.928. The Kier molecular flexibility index (Phi) is 4.34. The summed E-state index contributed by atoms with van der Waals surface area (Å²) in [6.45, 7) is 1.01. The number of aromatic nitrogens is 3. The molecule has 2 aromatic heterocycles. The van der Waals surface area contributed by atoms with Gasteiger partial charge in [-0.1, -0.05) is 5.16 Å². The molecule has 7 heteroatoms. The maximum Gasteiger partial charge on any atom is 0.244 e. The minimum atomic E-state index is 0. The molecule has 1 saturated heterocycles. The van der Waals surface area contributed by atoms with Gasteiger partial charge in [-0.2, -0.15) is 4.98 Å². The highest BCUT2D eigenvalue weighted by Crippen LogP contribution is 2.24. The number of rotatable bonds is 3. The van der Waals surface area contributed by atoms with Gasteiger partial charge in [-0.15, -0.1) is 12.4 Å². The fraction of sp³-hybridized carbons (Fsp3) is 0.417. The third-order valence-electron chi connectivity index (χ3n) is 3.00. The number of ether oxygens (including phenoxy) is 1. The lowest BCUT2D eigenvalue weighted by atomic mass is 10.2. The van der Waals surface area contributed by atoms with E-state index in [1.165, 1.54) is 0 Å². The monoisotopic (exact) mass is 282 g/mol. The van der Waals surface area contributed by atoms with Crippen molar-refractivity contribution in [3.8, 4) is 17.3 Å². The highest BCUT2D eigenvalue weighted by molar-refractivity contribution is 5.85. The molecular weight excluding hydrogens is 268 g/mol. The molecule has 3 heterocycles. The van der Waals surface area contributed by atoms with Gasteiger partial charge in [-0.3, -0.25) is 0 Å². The summed E-state index contributed by atoms with van der Waals surface area (Å²) in [5.74, 6) is 1.78. The Hall–Kier alpha value is -1.66. The van der Waals surface area contributed by atoms with E-state index in [1.807, 2.05) is 6.07 Å². The Morgan fingerprint density at radius 2 is 2.32 bits per heavy atom. The number of hydrogen-bond acceptors (Lipinski definition) is 6. The number of nitrogens with one attached hydrogen (secondary N) is 1. The molecule has 1 aliphatic heterocycles. The molecule has 0 bridgehead atoms. The van der Waals surface area contributed by atoms with Crippen molar-refractivity contribution in [3.63, 3.8) is 0 Å². The van der Waals surface area contributed by atoms with E-state index >= 15 is 0 Å². The Bertz CT molecular complexity index is 523. The van der Waals surface area contributed by atoms with Crippen LogP contribution in [0.5, 0.6) is 5.88 Å². The summed E-state index contributed by atoms with van der Waals surface area (Å²) in [6, 6.07) is 3.83. The lowest BCUT2D eigenvalue weighted by Crippen LogP contribution is -2.12. The van der Waals surface area contributed by atoms with Crippen LogP contribution in [0, 0.1) is 0 Å². The predicted molar refractivity (Wildman–Crippen MR) is 71.3 cm³/mol. The molecule has 6 nitrogen and oxygen atoms in total. The van der Waals surface area contributed by atoms with Crippen LogP contribution in [0.4, 0.5) is 0 Å². The summed E-state index contributed by atoms with van der Waals surface area (Å²) in [5, 5.41) is 7.30. The van der Waals surface area contributed by atoms with Crippen LogP contribution in [-0.2, 0) is 0 Å². The fourth-order valence-corrected chi connectivity index (χ4v) is 2.02. The summed E-state index contributed by atoms with van der Waals surface area (Å²) >= 11 is 0. The van der Waals surface area contributed by atoms with E-state index in [1.54, 1.807) is 19.4 Å². The molecule has 2 aromatic rings. The Balaban J connectivity index is 0.00000133. The summed E-state index contributed by atoms with van der Waals surface area (Å²) in [4.78, 5) is 8.52. The van der Waals surface area contributed by atoms with E-state index in [2.05, 4.69) is 20.4 Å². The zero-order valence-corrected chi connectivity index (χ0v) is 11.3. The third kappa shape index (κ3) is 2.85. The molecular formula is C12H15ClN4O2. The van der Waals surface area contributed by atoms with E-state index < -0.39 is 0 Å². The zero-order valence-electron chi connectivity index (χ0n) is 10.5. The average molecular weight is 283 g/mol. The molecule has 0 aromatic carbocycles. The van der Waals surface area contributed by atoms with Crippen molar-refractivity contribution in [1.82, 2.24) is 20.4 Å². The molecule has 1 N–H and O–H groups in total. The van der Waals surface area contributed by atoms with Crippen LogP contribution in [0.25, 0.3) is 11.4 Å². The first-order chi connectivity index (χ1) is 8.86. The average Bonchev–Trinajstić information content (AvgIpc) is 3.09. The van der Waals surface area contributed by atoms with Gasteiger partial charge in [0.25, 0.3) is 0 Å². The number of pyridine rings is 1. The fourth-order valence-electron chi connectivity index (χ4n) is 2.02. The van der Waals surface area contributed by atoms with Gasteiger partial charge in [0.1, 0.15) is 0 Å². The van der Waals surface area contributed by atoms with E-state index in [-0.39, 0.29) is 18.4 Å². The zero-order chi connectivity index (χ0) is 12.4. The molecule has 0 radical (unpaired) electrons. The number of nitrogens with zero attached hydrogens (tertiary/aromatic N) is 3. The van der Waals surface area contributed by atoms with Gasteiger partial charge in [0.15, 0.2) is 0 Å². The van der Waals surface area contributed by atoms with E-state index in [0.717, 1.165) is 24.9 Å². The number of halogens is 1. The molecule has 1 aliphatic rings. The lowest BCUT2D eigenvalue weighted by molar-refractivity contribution is 0.345. The van der Waals surface area contributed by atoms with Crippen LogP contribution in [0.15, 0.2) is 22.9 Å². The summed E-state index contributed by atoms with van der Waals surface area (Å²) in [7, 11) is 1.58. The first kappa shape index (κ1) is 13.8. The van der Waals surface area contributed by atoms with E-state index in [9.17, 15) is 0 Å². The minimum absolute atomic E-state index is 0. The Morgan fingerprint density at radius 3 is 2.95 bits per heavy atom. The van der Waals surface area contributed by atoms with Crippen LogP contribution in [0.3, 0.4) is 0 Å². The molecule has 0 spiro atoms. The number of hydrogen-bond donors (Lipinski definition) is 1.